The molecule has 4 nitrogen and oxygen atoms in total. The van der Waals surface area contributed by atoms with Crippen LogP contribution in [-0.2, 0) is 9.47 Å². The highest BCUT2D eigenvalue weighted by Gasteiger charge is 2.41. The van der Waals surface area contributed by atoms with Crippen LogP contribution in [0.1, 0.15) is 84.9 Å². The van der Waals surface area contributed by atoms with Crippen LogP contribution < -0.4 is 0 Å². The molecule has 2 aliphatic carbocycles. The van der Waals surface area contributed by atoms with Gasteiger partial charge in [-0.05, 0) is 61.8 Å². The number of ether oxygens (including phenoxy) is 2. The van der Waals surface area contributed by atoms with Crippen molar-refractivity contribution in [1.82, 2.24) is 0 Å². The summed E-state index contributed by atoms with van der Waals surface area (Å²) < 4.78 is 12.1. The van der Waals surface area contributed by atoms with Gasteiger partial charge in [0.1, 0.15) is 12.2 Å². The minimum atomic E-state index is -0.316. The number of carbonyl (C=O) groups excluding carboxylic acids is 2. The first-order valence-electron chi connectivity index (χ1n) is 10.2. The van der Waals surface area contributed by atoms with Crippen molar-refractivity contribution in [2.24, 2.45) is 11.8 Å². The van der Waals surface area contributed by atoms with Crippen LogP contribution in [0.25, 0.3) is 0 Å². The second-order valence-corrected chi connectivity index (χ2v) is 8.11. The summed E-state index contributed by atoms with van der Waals surface area (Å²) in [5, 5.41) is 0. The standard InChI is InChI=1S/C22H28O4/c23-21-17-11-13-18(14-12-17)22(24)26-20(16-9-5-2-6-10-16)19(25-21)15-7-3-1-4-8-15/h11-16,19-20H,1-10H2. The van der Waals surface area contributed by atoms with Gasteiger partial charge in [-0.1, -0.05) is 38.5 Å². The van der Waals surface area contributed by atoms with E-state index in [9.17, 15) is 9.59 Å². The number of rotatable bonds is 2. The van der Waals surface area contributed by atoms with E-state index in [-0.39, 0.29) is 24.1 Å². The summed E-state index contributed by atoms with van der Waals surface area (Å²) in [6, 6.07) is 6.66. The molecule has 2 fully saturated rings. The molecule has 2 unspecified atom stereocenters. The first-order chi connectivity index (χ1) is 12.7. The minimum Gasteiger partial charge on any atom is -0.455 e. The number of carbonyl (C=O) groups is 2. The Bertz CT molecular complexity index is 582. The van der Waals surface area contributed by atoms with Gasteiger partial charge in [-0.15, -0.1) is 0 Å². The highest BCUT2D eigenvalue weighted by Crippen LogP contribution is 2.38. The second kappa shape index (κ2) is 7.81. The highest BCUT2D eigenvalue weighted by atomic mass is 16.6. The Morgan fingerprint density at radius 2 is 0.923 bits per heavy atom. The smallest absolute Gasteiger partial charge is 0.338 e. The Morgan fingerprint density at radius 1 is 0.577 bits per heavy atom. The second-order valence-electron chi connectivity index (χ2n) is 8.11. The Hall–Kier alpha value is -1.84. The van der Waals surface area contributed by atoms with Gasteiger partial charge in [0.15, 0.2) is 0 Å². The van der Waals surface area contributed by atoms with E-state index in [0.717, 1.165) is 51.4 Å². The largest absolute Gasteiger partial charge is 0.455 e. The Balaban J connectivity index is 1.68. The fraction of sp³-hybridized carbons (Fsp3) is 0.636. The van der Waals surface area contributed by atoms with Crippen LogP contribution in [0.2, 0.25) is 0 Å². The third kappa shape index (κ3) is 3.65. The quantitative estimate of drug-likeness (QED) is 0.706. The summed E-state index contributed by atoms with van der Waals surface area (Å²) >= 11 is 0. The van der Waals surface area contributed by atoms with Gasteiger partial charge in [-0.3, -0.25) is 0 Å². The summed E-state index contributed by atoms with van der Waals surface area (Å²) in [5.41, 5.74) is 1.04. The van der Waals surface area contributed by atoms with Gasteiger partial charge < -0.3 is 9.47 Å². The molecule has 1 aromatic carbocycles. The van der Waals surface area contributed by atoms with Crippen molar-refractivity contribution in [3.63, 3.8) is 0 Å². The van der Waals surface area contributed by atoms with Crippen LogP contribution in [0.5, 0.6) is 0 Å². The highest BCUT2D eigenvalue weighted by molar-refractivity contribution is 5.94. The number of hydrogen-bond donors (Lipinski definition) is 0. The molecule has 0 saturated heterocycles. The molecule has 0 amide bonds. The van der Waals surface area contributed by atoms with E-state index in [1.54, 1.807) is 24.3 Å². The van der Waals surface area contributed by atoms with Gasteiger partial charge in [0.05, 0.1) is 11.1 Å². The lowest BCUT2D eigenvalue weighted by Crippen LogP contribution is -2.46. The predicted molar refractivity (Wildman–Crippen MR) is 98.0 cm³/mol. The zero-order chi connectivity index (χ0) is 17.9. The summed E-state index contributed by atoms with van der Waals surface area (Å²) in [6.07, 6.45) is 10.7. The van der Waals surface area contributed by atoms with Crippen molar-refractivity contribution in [2.75, 3.05) is 0 Å². The molecule has 0 N–H and O–H groups in total. The fourth-order valence-electron chi connectivity index (χ4n) is 4.91. The van der Waals surface area contributed by atoms with Gasteiger partial charge in [-0.25, -0.2) is 9.59 Å². The molecule has 4 heteroatoms. The van der Waals surface area contributed by atoms with Gasteiger partial charge >= 0.3 is 11.9 Å². The molecule has 140 valence electrons. The zero-order valence-corrected chi connectivity index (χ0v) is 15.3. The third-order valence-electron chi connectivity index (χ3n) is 6.40. The molecule has 0 aromatic heterocycles. The number of esters is 2. The van der Waals surface area contributed by atoms with Crippen LogP contribution in [0.15, 0.2) is 24.3 Å². The van der Waals surface area contributed by atoms with Crippen LogP contribution in [0.3, 0.4) is 0 Å². The Morgan fingerprint density at radius 3 is 1.27 bits per heavy atom. The molecular formula is C22H28O4. The van der Waals surface area contributed by atoms with Crippen molar-refractivity contribution < 1.29 is 19.1 Å². The molecular weight excluding hydrogens is 328 g/mol. The normalized spacial score (nSPS) is 28.5. The van der Waals surface area contributed by atoms with E-state index in [2.05, 4.69) is 0 Å². The molecule has 5 rings (SSSR count). The lowest BCUT2D eigenvalue weighted by molar-refractivity contribution is -0.0866. The molecule has 2 bridgehead atoms. The van der Waals surface area contributed by atoms with Crippen molar-refractivity contribution >= 4 is 11.9 Å². The van der Waals surface area contributed by atoms with Crippen molar-refractivity contribution in [3.8, 4) is 0 Å². The zero-order valence-electron chi connectivity index (χ0n) is 15.3. The summed E-state index contributed by atoms with van der Waals surface area (Å²) in [6.45, 7) is 0. The van der Waals surface area contributed by atoms with Crippen molar-refractivity contribution in [2.45, 2.75) is 76.4 Å². The van der Waals surface area contributed by atoms with E-state index in [1.807, 2.05) is 0 Å². The van der Waals surface area contributed by atoms with E-state index >= 15 is 0 Å². The number of benzene rings is 1. The number of hydrogen-bond acceptors (Lipinski definition) is 4. The molecule has 26 heavy (non-hydrogen) atoms. The average molecular weight is 356 g/mol. The van der Waals surface area contributed by atoms with Crippen molar-refractivity contribution in [1.29, 1.82) is 0 Å². The van der Waals surface area contributed by atoms with E-state index < -0.39 is 0 Å². The maximum absolute atomic E-state index is 12.7. The lowest BCUT2D eigenvalue weighted by Gasteiger charge is -2.40. The molecule has 4 aliphatic rings. The van der Waals surface area contributed by atoms with Gasteiger partial charge in [0, 0.05) is 0 Å². The molecule has 2 atom stereocenters. The van der Waals surface area contributed by atoms with Gasteiger partial charge in [-0.2, -0.15) is 0 Å². The Kier molecular flexibility index (Phi) is 5.28. The van der Waals surface area contributed by atoms with Crippen LogP contribution in [-0.4, -0.2) is 24.1 Å². The molecule has 2 saturated carbocycles. The van der Waals surface area contributed by atoms with E-state index in [4.69, 9.17) is 9.47 Å². The summed E-state index contributed by atoms with van der Waals surface area (Å²) in [4.78, 5) is 25.5. The number of fused-ring (bicyclic) bond motifs is 7. The lowest BCUT2D eigenvalue weighted by atomic mass is 9.76. The van der Waals surface area contributed by atoms with Crippen LogP contribution >= 0.6 is 0 Å². The fourth-order valence-corrected chi connectivity index (χ4v) is 4.91. The van der Waals surface area contributed by atoms with E-state index in [1.165, 1.54) is 12.8 Å². The monoisotopic (exact) mass is 356 g/mol. The molecule has 1 aromatic rings. The van der Waals surface area contributed by atoms with Gasteiger partial charge in [0.2, 0.25) is 0 Å². The SMILES string of the molecule is O=C1OC(C2CCCCC2)C(C2CCCCC2)OC(=O)c2ccc1cc2. The molecule has 2 heterocycles. The van der Waals surface area contributed by atoms with Crippen LogP contribution in [0, 0.1) is 11.8 Å². The van der Waals surface area contributed by atoms with Crippen molar-refractivity contribution in [3.05, 3.63) is 35.4 Å². The molecule has 0 radical (unpaired) electrons. The average Bonchev–Trinajstić information content (AvgIpc) is 2.71. The Labute approximate surface area is 155 Å². The maximum atomic E-state index is 12.7. The molecule has 2 aliphatic heterocycles. The topological polar surface area (TPSA) is 52.6 Å². The summed E-state index contributed by atoms with van der Waals surface area (Å²) in [7, 11) is 0. The van der Waals surface area contributed by atoms with Crippen LogP contribution in [0.4, 0.5) is 0 Å². The predicted octanol–water partition coefficient (Wildman–Crippen LogP) is 4.91. The minimum absolute atomic E-state index is 0.286. The first-order valence-corrected chi connectivity index (χ1v) is 10.2. The summed E-state index contributed by atoms with van der Waals surface area (Å²) in [5.74, 6) is 0.0182. The first kappa shape index (κ1) is 17.6. The maximum Gasteiger partial charge on any atom is 0.338 e. The molecule has 0 spiro atoms. The van der Waals surface area contributed by atoms with Gasteiger partial charge in [0.25, 0.3) is 0 Å². The van der Waals surface area contributed by atoms with E-state index in [0.29, 0.717) is 23.0 Å². The third-order valence-corrected chi connectivity index (χ3v) is 6.40.